The van der Waals surface area contributed by atoms with Crippen LogP contribution in [0.25, 0.3) is 0 Å². The number of nitrogen functional groups attached to an aromatic ring is 1. The molecule has 98 valence electrons. The maximum absolute atomic E-state index is 11.3. The Morgan fingerprint density at radius 1 is 1.06 bits per heavy atom. The molecule has 1 aromatic carbocycles. The largest absolute Gasteiger partial charge is 0.468 e. The summed E-state index contributed by atoms with van der Waals surface area (Å²) in [6, 6.07) is 6.83. The Labute approximate surface area is 105 Å². The molecule has 0 fully saturated rings. The number of methoxy groups -OCH3 is 2. The molecule has 0 bridgehead atoms. The number of esters is 2. The average Bonchev–Trinajstić information content (AvgIpc) is 2.38. The van der Waals surface area contributed by atoms with Crippen LogP contribution in [0.2, 0.25) is 0 Å². The molecule has 0 aromatic heterocycles. The summed E-state index contributed by atoms with van der Waals surface area (Å²) in [5.41, 5.74) is 6.88. The van der Waals surface area contributed by atoms with Gasteiger partial charge >= 0.3 is 11.9 Å². The van der Waals surface area contributed by atoms with Crippen LogP contribution >= 0.6 is 0 Å². The maximum Gasteiger partial charge on any atom is 0.325 e. The number of nitrogens with zero attached hydrogens (tertiary/aromatic N) is 1. The normalized spacial score (nSPS) is 9.67. The monoisotopic (exact) mass is 252 g/mol. The van der Waals surface area contributed by atoms with E-state index in [1.165, 1.54) is 14.2 Å². The molecule has 0 spiro atoms. The Morgan fingerprint density at radius 3 is 1.89 bits per heavy atom. The molecule has 0 saturated heterocycles. The third-order valence-electron chi connectivity index (χ3n) is 2.35. The molecule has 0 heterocycles. The minimum Gasteiger partial charge on any atom is -0.468 e. The van der Waals surface area contributed by atoms with Gasteiger partial charge in [0.15, 0.2) is 0 Å². The highest BCUT2D eigenvalue weighted by atomic mass is 16.5. The summed E-state index contributed by atoms with van der Waals surface area (Å²) >= 11 is 0. The van der Waals surface area contributed by atoms with Crippen molar-refractivity contribution in [1.29, 1.82) is 0 Å². The molecule has 0 amide bonds. The van der Waals surface area contributed by atoms with Crippen molar-refractivity contribution in [2.45, 2.75) is 0 Å². The number of nitrogens with two attached hydrogens (primary N) is 1. The van der Waals surface area contributed by atoms with E-state index < -0.39 is 11.9 Å². The van der Waals surface area contributed by atoms with Crippen LogP contribution in [-0.2, 0) is 19.1 Å². The second-order valence-electron chi connectivity index (χ2n) is 3.60. The predicted molar refractivity (Wildman–Crippen MR) is 67.1 cm³/mol. The van der Waals surface area contributed by atoms with Crippen molar-refractivity contribution in [2.75, 3.05) is 37.9 Å². The zero-order chi connectivity index (χ0) is 13.5. The van der Waals surface area contributed by atoms with Crippen LogP contribution in [-0.4, -0.2) is 39.2 Å². The molecule has 6 heteroatoms. The molecular formula is C12H16N2O4. The fourth-order valence-electron chi connectivity index (χ4n) is 1.36. The third kappa shape index (κ3) is 3.97. The summed E-state index contributed by atoms with van der Waals surface area (Å²) in [6.07, 6.45) is 0. The van der Waals surface area contributed by atoms with E-state index in [1.54, 1.807) is 29.2 Å². The number of anilines is 2. The number of rotatable bonds is 5. The predicted octanol–water partition coefficient (Wildman–Crippen LogP) is 0.421. The molecule has 0 aliphatic rings. The van der Waals surface area contributed by atoms with Gasteiger partial charge in [0, 0.05) is 11.4 Å². The Balaban J connectivity index is 2.85. The lowest BCUT2D eigenvalue weighted by molar-refractivity contribution is -0.140. The van der Waals surface area contributed by atoms with Gasteiger partial charge in [-0.2, -0.15) is 0 Å². The summed E-state index contributed by atoms with van der Waals surface area (Å²) in [5, 5.41) is 0. The van der Waals surface area contributed by atoms with E-state index in [4.69, 9.17) is 5.73 Å². The molecular weight excluding hydrogens is 236 g/mol. The summed E-state index contributed by atoms with van der Waals surface area (Å²) < 4.78 is 9.17. The van der Waals surface area contributed by atoms with Gasteiger partial charge in [-0.15, -0.1) is 0 Å². The Bertz CT molecular complexity index is 399. The van der Waals surface area contributed by atoms with Crippen LogP contribution in [0.5, 0.6) is 0 Å². The van der Waals surface area contributed by atoms with Crippen molar-refractivity contribution in [1.82, 2.24) is 0 Å². The van der Waals surface area contributed by atoms with Crippen molar-refractivity contribution in [3.8, 4) is 0 Å². The number of hydrogen-bond donors (Lipinski definition) is 1. The van der Waals surface area contributed by atoms with Gasteiger partial charge in [-0.3, -0.25) is 9.59 Å². The van der Waals surface area contributed by atoms with Crippen LogP contribution in [0.3, 0.4) is 0 Å². The van der Waals surface area contributed by atoms with Gasteiger partial charge in [-0.1, -0.05) is 0 Å². The number of carbonyl (C=O) groups excluding carboxylic acids is 2. The SMILES string of the molecule is COC(=O)CN(CC(=O)OC)c1ccc(N)cc1. The van der Waals surface area contributed by atoms with Gasteiger partial charge in [-0.25, -0.2) is 0 Å². The average molecular weight is 252 g/mol. The van der Waals surface area contributed by atoms with Crippen molar-refractivity contribution < 1.29 is 19.1 Å². The van der Waals surface area contributed by atoms with E-state index in [2.05, 4.69) is 9.47 Å². The number of ether oxygens (including phenoxy) is 2. The zero-order valence-electron chi connectivity index (χ0n) is 10.4. The Hall–Kier alpha value is -2.24. The molecule has 1 rings (SSSR count). The fraction of sp³-hybridized carbons (Fsp3) is 0.333. The molecule has 6 nitrogen and oxygen atoms in total. The van der Waals surface area contributed by atoms with Gasteiger partial charge < -0.3 is 20.1 Å². The molecule has 0 unspecified atom stereocenters. The standard InChI is InChI=1S/C12H16N2O4/c1-17-11(15)7-14(8-12(16)18-2)10-5-3-9(13)4-6-10/h3-6H,7-8,13H2,1-2H3. The molecule has 0 aliphatic heterocycles. The fourth-order valence-corrected chi connectivity index (χ4v) is 1.36. The number of carbonyl (C=O) groups is 2. The van der Waals surface area contributed by atoms with Crippen molar-refractivity contribution in [3.63, 3.8) is 0 Å². The van der Waals surface area contributed by atoms with Crippen LogP contribution in [0.1, 0.15) is 0 Å². The molecule has 2 N–H and O–H groups in total. The first-order valence-corrected chi connectivity index (χ1v) is 5.31. The quantitative estimate of drug-likeness (QED) is 0.604. The van der Waals surface area contributed by atoms with E-state index in [-0.39, 0.29) is 13.1 Å². The minimum absolute atomic E-state index is 0.0322. The lowest BCUT2D eigenvalue weighted by Gasteiger charge is -2.22. The summed E-state index contributed by atoms with van der Waals surface area (Å²) in [6.45, 7) is -0.0644. The molecule has 0 radical (unpaired) electrons. The van der Waals surface area contributed by atoms with E-state index >= 15 is 0 Å². The summed E-state index contributed by atoms with van der Waals surface area (Å²) in [7, 11) is 2.59. The van der Waals surface area contributed by atoms with Gasteiger partial charge in [0.1, 0.15) is 13.1 Å². The van der Waals surface area contributed by atoms with Gasteiger partial charge in [-0.05, 0) is 24.3 Å². The highest BCUT2D eigenvalue weighted by Gasteiger charge is 2.15. The van der Waals surface area contributed by atoms with Crippen molar-refractivity contribution in [3.05, 3.63) is 24.3 Å². The zero-order valence-corrected chi connectivity index (χ0v) is 10.4. The van der Waals surface area contributed by atoms with Crippen molar-refractivity contribution >= 4 is 23.3 Å². The van der Waals surface area contributed by atoms with Crippen LogP contribution in [0.15, 0.2) is 24.3 Å². The highest BCUT2D eigenvalue weighted by Crippen LogP contribution is 2.16. The second kappa shape index (κ2) is 6.48. The maximum atomic E-state index is 11.3. The molecule has 0 atom stereocenters. The Morgan fingerprint density at radius 2 is 1.50 bits per heavy atom. The van der Waals surface area contributed by atoms with E-state index in [9.17, 15) is 9.59 Å². The van der Waals surface area contributed by atoms with Crippen LogP contribution in [0, 0.1) is 0 Å². The Kier molecular flexibility index (Phi) is 4.98. The molecule has 0 aliphatic carbocycles. The first kappa shape index (κ1) is 13.8. The summed E-state index contributed by atoms with van der Waals surface area (Å²) in [4.78, 5) is 24.1. The van der Waals surface area contributed by atoms with Crippen molar-refractivity contribution in [2.24, 2.45) is 0 Å². The molecule has 18 heavy (non-hydrogen) atoms. The molecule has 1 aromatic rings. The molecule has 0 saturated carbocycles. The van der Waals surface area contributed by atoms with E-state index in [0.717, 1.165) is 0 Å². The number of benzene rings is 1. The lowest BCUT2D eigenvalue weighted by atomic mass is 10.2. The van der Waals surface area contributed by atoms with E-state index in [1.807, 2.05) is 0 Å². The van der Waals surface area contributed by atoms with Crippen LogP contribution in [0.4, 0.5) is 11.4 Å². The third-order valence-corrected chi connectivity index (χ3v) is 2.35. The van der Waals surface area contributed by atoms with Gasteiger partial charge in [0.2, 0.25) is 0 Å². The second-order valence-corrected chi connectivity index (χ2v) is 3.60. The highest BCUT2D eigenvalue weighted by molar-refractivity contribution is 5.81. The first-order chi connectivity index (χ1) is 8.56. The van der Waals surface area contributed by atoms with E-state index in [0.29, 0.717) is 11.4 Å². The lowest BCUT2D eigenvalue weighted by Crippen LogP contribution is -2.35. The minimum atomic E-state index is -0.435. The van der Waals surface area contributed by atoms with Gasteiger partial charge in [0.05, 0.1) is 14.2 Å². The number of hydrogen-bond acceptors (Lipinski definition) is 6. The first-order valence-electron chi connectivity index (χ1n) is 5.31. The smallest absolute Gasteiger partial charge is 0.325 e. The summed E-state index contributed by atoms with van der Waals surface area (Å²) in [5.74, 6) is -0.869. The van der Waals surface area contributed by atoms with Gasteiger partial charge in [0.25, 0.3) is 0 Å². The van der Waals surface area contributed by atoms with Crippen LogP contribution < -0.4 is 10.6 Å². The topological polar surface area (TPSA) is 81.9 Å².